The first-order valence-electron chi connectivity index (χ1n) is 7.57. The normalized spacial score (nSPS) is 14.6. The molecule has 1 aliphatic rings. The number of esters is 1. The third kappa shape index (κ3) is 3.36. The molecule has 2 aromatic rings. The third-order valence-electron chi connectivity index (χ3n) is 3.39. The van der Waals surface area contributed by atoms with E-state index in [1.165, 1.54) is 18.7 Å². The van der Waals surface area contributed by atoms with Gasteiger partial charge in [0, 0.05) is 17.4 Å². The van der Waals surface area contributed by atoms with Gasteiger partial charge in [-0.3, -0.25) is 9.59 Å². The third-order valence-corrected chi connectivity index (χ3v) is 4.49. The molecule has 3 rings (SSSR count). The first-order valence-corrected chi connectivity index (χ1v) is 8.38. The average molecular weight is 340 g/mol. The number of carbonyl (C=O) groups excluding carboxylic acids is 2. The van der Waals surface area contributed by atoms with E-state index in [4.69, 9.17) is 9.47 Å². The molecule has 0 N–H and O–H groups in total. The summed E-state index contributed by atoms with van der Waals surface area (Å²) in [4.78, 5) is 25.2. The Hall–Kier alpha value is -2.53. The topological polar surface area (TPSA) is 52.6 Å². The molecule has 4 nitrogen and oxygen atoms in total. The minimum absolute atomic E-state index is 0.0256. The van der Waals surface area contributed by atoms with Gasteiger partial charge in [-0.15, -0.1) is 0 Å². The van der Waals surface area contributed by atoms with E-state index in [1.807, 2.05) is 37.3 Å². The van der Waals surface area contributed by atoms with Crippen molar-refractivity contribution < 1.29 is 19.1 Å². The van der Waals surface area contributed by atoms with Crippen LogP contribution in [0.3, 0.4) is 0 Å². The average Bonchev–Trinajstić information content (AvgIpc) is 2.86. The van der Waals surface area contributed by atoms with Crippen LogP contribution in [0, 0.1) is 0 Å². The smallest absolute Gasteiger partial charge is 0.308 e. The first-order chi connectivity index (χ1) is 11.6. The number of ether oxygens (including phenoxy) is 2. The van der Waals surface area contributed by atoms with E-state index >= 15 is 0 Å². The molecule has 0 unspecified atom stereocenters. The van der Waals surface area contributed by atoms with Crippen LogP contribution in [0.1, 0.15) is 29.8 Å². The summed E-state index contributed by atoms with van der Waals surface area (Å²) >= 11 is 1.46. The molecule has 5 heteroatoms. The van der Waals surface area contributed by atoms with Gasteiger partial charge in [-0.1, -0.05) is 30.0 Å². The standard InChI is InChI=1S/C19H16O4S/c1-3-22-16-10-13(8-9-15(16)23-12(2)20)11-18-19(21)14-6-4-5-7-17(14)24-18/h4-11H,3H2,1-2H3/b18-11+. The van der Waals surface area contributed by atoms with E-state index in [9.17, 15) is 9.59 Å². The van der Waals surface area contributed by atoms with Gasteiger partial charge in [0.1, 0.15) is 0 Å². The monoisotopic (exact) mass is 340 g/mol. The van der Waals surface area contributed by atoms with Gasteiger partial charge in [-0.05, 0) is 42.8 Å². The Balaban J connectivity index is 1.92. The molecule has 24 heavy (non-hydrogen) atoms. The fourth-order valence-electron chi connectivity index (χ4n) is 2.41. The van der Waals surface area contributed by atoms with Crippen LogP contribution in [-0.2, 0) is 4.79 Å². The molecule has 0 saturated carbocycles. The van der Waals surface area contributed by atoms with Gasteiger partial charge in [0.15, 0.2) is 11.5 Å². The van der Waals surface area contributed by atoms with E-state index in [-0.39, 0.29) is 5.78 Å². The van der Waals surface area contributed by atoms with E-state index in [1.54, 1.807) is 18.2 Å². The van der Waals surface area contributed by atoms with Crippen molar-refractivity contribution in [2.24, 2.45) is 0 Å². The van der Waals surface area contributed by atoms with Crippen molar-refractivity contribution in [3.63, 3.8) is 0 Å². The zero-order valence-electron chi connectivity index (χ0n) is 13.4. The van der Waals surface area contributed by atoms with Gasteiger partial charge < -0.3 is 9.47 Å². The van der Waals surface area contributed by atoms with Crippen molar-refractivity contribution in [3.05, 3.63) is 58.5 Å². The van der Waals surface area contributed by atoms with Crippen molar-refractivity contribution in [3.8, 4) is 11.5 Å². The summed E-state index contributed by atoms with van der Waals surface area (Å²) < 4.78 is 10.7. The Morgan fingerprint density at radius 1 is 1.17 bits per heavy atom. The molecule has 1 heterocycles. The number of Topliss-reactive ketones (excluding diaryl/α,β-unsaturated/α-hetero) is 1. The molecule has 122 valence electrons. The molecule has 2 aromatic carbocycles. The van der Waals surface area contributed by atoms with Gasteiger partial charge in [0.2, 0.25) is 5.78 Å². The lowest BCUT2D eigenvalue weighted by Crippen LogP contribution is -2.04. The maximum atomic E-state index is 12.4. The van der Waals surface area contributed by atoms with Crippen LogP contribution >= 0.6 is 11.8 Å². The van der Waals surface area contributed by atoms with Crippen LogP contribution in [0.2, 0.25) is 0 Å². The molecule has 0 radical (unpaired) electrons. The fourth-order valence-corrected chi connectivity index (χ4v) is 3.46. The zero-order chi connectivity index (χ0) is 17.1. The van der Waals surface area contributed by atoms with E-state index in [2.05, 4.69) is 0 Å². The highest BCUT2D eigenvalue weighted by atomic mass is 32.2. The number of carbonyl (C=O) groups is 2. The Bertz CT molecular complexity index is 839. The van der Waals surface area contributed by atoms with E-state index in [0.717, 1.165) is 16.0 Å². The summed E-state index contributed by atoms with van der Waals surface area (Å²) in [5.41, 5.74) is 1.55. The van der Waals surface area contributed by atoms with Crippen molar-refractivity contribution in [1.82, 2.24) is 0 Å². The predicted molar refractivity (Wildman–Crippen MR) is 93.5 cm³/mol. The second-order valence-corrected chi connectivity index (χ2v) is 6.25. The van der Waals surface area contributed by atoms with Gasteiger partial charge >= 0.3 is 5.97 Å². The Labute approximate surface area is 144 Å². The minimum atomic E-state index is -0.404. The van der Waals surface area contributed by atoms with Gasteiger partial charge in [-0.25, -0.2) is 0 Å². The fraction of sp³-hybridized carbons (Fsp3) is 0.158. The lowest BCUT2D eigenvalue weighted by Gasteiger charge is -2.10. The molecular weight excluding hydrogens is 324 g/mol. The molecular formula is C19H16O4S. The van der Waals surface area contributed by atoms with Crippen LogP contribution in [0.5, 0.6) is 11.5 Å². The number of thioether (sulfide) groups is 1. The lowest BCUT2D eigenvalue weighted by atomic mass is 10.1. The first kappa shape index (κ1) is 16.3. The van der Waals surface area contributed by atoms with Gasteiger partial charge in [0.05, 0.1) is 11.5 Å². The Morgan fingerprint density at radius 2 is 1.96 bits per heavy atom. The van der Waals surface area contributed by atoms with Crippen molar-refractivity contribution >= 4 is 29.6 Å². The summed E-state index contributed by atoms with van der Waals surface area (Å²) in [5, 5.41) is 0. The summed E-state index contributed by atoms with van der Waals surface area (Å²) in [5.74, 6) is 0.479. The lowest BCUT2D eigenvalue weighted by molar-refractivity contribution is -0.132. The van der Waals surface area contributed by atoms with Crippen LogP contribution in [0.15, 0.2) is 52.3 Å². The molecule has 0 amide bonds. The summed E-state index contributed by atoms with van der Waals surface area (Å²) in [6.07, 6.45) is 1.83. The number of hydrogen-bond donors (Lipinski definition) is 0. The number of fused-ring (bicyclic) bond motifs is 1. The molecule has 1 aliphatic heterocycles. The Kier molecular flexibility index (Phi) is 4.71. The summed E-state index contributed by atoms with van der Waals surface area (Å²) in [7, 11) is 0. The molecule has 0 saturated heterocycles. The minimum Gasteiger partial charge on any atom is -0.490 e. The molecule has 0 bridgehead atoms. The molecule has 0 aromatic heterocycles. The zero-order valence-corrected chi connectivity index (χ0v) is 14.2. The van der Waals surface area contributed by atoms with Crippen LogP contribution in [0.4, 0.5) is 0 Å². The van der Waals surface area contributed by atoms with Crippen LogP contribution < -0.4 is 9.47 Å². The van der Waals surface area contributed by atoms with Gasteiger partial charge in [0.25, 0.3) is 0 Å². The molecule has 0 aliphatic carbocycles. The van der Waals surface area contributed by atoms with Crippen LogP contribution in [0.25, 0.3) is 6.08 Å². The highest BCUT2D eigenvalue weighted by Gasteiger charge is 2.25. The number of ketones is 1. The number of benzene rings is 2. The quantitative estimate of drug-likeness (QED) is 0.471. The molecule has 0 atom stereocenters. The van der Waals surface area contributed by atoms with Crippen molar-refractivity contribution in [1.29, 1.82) is 0 Å². The van der Waals surface area contributed by atoms with Crippen molar-refractivity contribution in [2.45, 2.75) is 18.7 Å². The largest absolute Gasteiger partial charge is 0.490 e. The highest BCUT2D eigenvalue weighted by Crippen LogP contribution is 2.41. The second kappa shape index (κ2) is 6.93. The van der Waals surface area contributed by atoms with E-state index < -0.39 is 5.97 Å². The van der Waals surface area contributed by atoms with Gasteiger partial charge in [-0.2, -0.15) is 0 Å². The number of allylic oxidation sites excluding steroid dienone is 1. The Morgan fingerprint density at radius 3 is 2.67 bits per heavy atom. The summed E-state index contributed by atoms with van der Waals surface area (Å²) in [6, 6.07) is 12.8. The summed E-state index contributed by atoms with van der Waals surface area (Å²) in [6.45, 7) is 3.65. The number of hydrogen-bond acceptors (Lipinski definition) is 5. The predicted octanol–water partition coefficient (Wildman–Crippen LogP) is 4.34. The second-order valence-electron chi connectivity index (χ2n) is 5.17. The van der Waals surface area contributed by atoms with Crippen molar-refractivity contribution in [2.75, 3.05) is 6.61 Å². The van der Waals surface area contributed by atoms with E-state index in [0.29, 0.717) is 23.0 Å². The van der Waals surface area contributed by atoms with Crippen LogP contribution in [-0.4, -0.2) is 18.4 Å². The molecule has 0 fully saturated rings. The number of rotatable bonds is 4. The molecule has 0 spiro atoms. The SMILES string of the molecule is CCOc1cc(/C=C2/Sc3ccccc3C2=O)ccc1OC(C)=O. The highest BCUT2D eigenvalue weighted by molar-refractivity contribution is 8.04. The maximum Gasteiger partial charge on any atom is 0.308 e. The maximum absolute atomic E-state index is 12.4.